The molecule has 0 spiro atoms. The number of hydrogen-bond acceptors (Lipinski definition) is 2. The first kappa shape index (κ1) is 20.2. The number of alkyl halides is 3. The molecule has 0 radical (unpaired) electrons. The fourth-order valence-corrected chi connectivity index (χ4v) is 2.43. The molecule has 3 rings (SSSR count). The van der Waals surface area contributed by atoms with Gasteiger partial charge >= 0.3 is 0 Å². The van der Waals surface area contributed by atoms with E-state index in [-0.39, 0.29) is 5.78 Å². The zero-order valence-corrected chi connectivity index (χ0v) is 15.9. The summed E-state index contributed by atoms with van der Waals surface area (Å²) in [4.78, 5) is 23.1. The number of ketones is 2. The minimum atomic E-state index is -1.86. The van der Waals surface area contributed by atoms with Crippen LogP contribution >= 0.6 is 34.8 Å². The maximum atomic E-state index is 11.8. The first-order valence-corrected chi connectivity index (χ1v) is 8.84. The van der Waals surface area contributed by atoms with E-state index in [0.29, 0.717) is 5.56 Å². The van der Waals surface area contributed by atoms with Crippen molar-refractivity contribution in [2.24, 2.45) is 0 Å². The molecule has 0 N–H and O–H groups in total. The summed E-state index contributed by atoms with van der Waals surface area (Å²) < 4.78 is -1.86. The normalized spacial score (nSPS) is 10.4. The molecule has 0 aliphatic heterocycles. The van der Waals surface area contributed by atoms with Crippen LogP contribution in [0, 0.1) is 0 Å². The van der Waals surface area contributed by atoms with Gasteiger partial charge in [0.15, 0.2) is 5.78 Å². The highest BCUT2D eigenvalue weighted by Crippen LogP contribution is 2.30. The lowest BCUT2D eigenvalue weighted by Gasteiger charge is -2.08. The SMILES string of the molecule is O=C(c1ccccc1)C(Cl)(Cl)Cl.O=C(c1ccccc1)c1ccccc1. The molecule has 0 fully saturated rings. The van der Waals surface area contributed by atoms with E-state index in [1.165, 1.54) is 0 Å². The van der Waals surface area contributed by atoms with Gasteiger partial charge < -0.3 is 0 Å². The summed E-state index contributed by atoms with van der Waals surface area (Å²) in [6, 6.07) is 27.0. The molecule has 132 valence electrons. The van der Waals surface area contributed by atoms with Gasteiger partial charge in [-0.05, 0) is 0 Å². The smallest absolute Gasteiger partial charge is 0.253 e. The molecule has 0 amide bonds. The largest absolute Gasteiger partial charge is 0.289 e. The first-order chi connectivity index (χ1) is 12.4. The van der Waals surface area contributed by atoms with Gasteiger partial charge in [0.05, 0.1) is 0 Å². The Morgan fingerprint density at radius 2 is 0.846 bits per heavy atom. The van der Waals surface area contributed by atoms with Crippen LogP contribution < -0.4 is 0 Å². The molecule has 0 atom stereocenters. The van der Waals surface area contributed by atoms with Gasteiger partial charge in [-0.2, -0.15) is 0 Å². The average molecular weight is 406 g/mol. The van der Waals surface area contributed by atoms with Crippen molar-refractivity contribution >= 4 is 46.4 Å². The summed E-state index contributed by atoms with van der Waals surface area (Å²) in [5.74, 6) is -0.431. The summed E-state index contributed by atoms with van der Waals surface area (Å²) in [6.45, 7) is 0. The van der Waals surface area contributed by atoms with Crippen molar-refractivity contribution < 1.29 is 9.59 Å². The molecular formula is C21H15Cl3O2. The first-order valence-electron chi connectivity index (χ1n) is 7.71. The van der Waals surface area contributed by atoms with Crippen LogP contribution in [0.3, 0.4) is 0 Å². The fraction of sp³-hybridized carbons (Fsp3) is 0.0476. The molecule has 2 nitrogen and oxygen atoms in total. The molecule has 5 heteroatoms. The second-order valence-electron chi connectivity index (χ2n) is 5.25. The van der Waals surface area contributed by atoms with Crippen LogP contribution in [0.15, 0.2) is 91.0 Å². The highest BCUT2D eigenvalue weighted by atomic mass is 35.6. The number of Topliss-reactive ketones (excluding diaryl/α,β-unsaturated/α-hetero) is 1. The van der Waals surface area contributed by atoms with Crippen molar-refractivity contribution in [3.8, 4) is 0 Å². The number of hydrogen-bond donors (Lipinski definition) is 0. The minimum Gasteiger partial charge on any atom is -0.289 e. The zero-order valence-electron chi connectivity index (χ0n) is 13.6. The van der Waals surface area contributed by atoms with Crippen molar-refractivity contribution in [3.05, 3.63) is 108 Å². The van der Waals surface area contributed by atoms with Gasteiger partial charge in [-0.15, -0.1) is 0 Å². The summed E-state index contributed by atoms with van der Waals surface area (Å²) in [7, 11) is 0. The molecule has 0 heterocycles. The van der Waals surface area contributed by atoms with Crippen LogP contribution in [0.25, 0.3) is 0 Å². The second kappa shape index (κ2) is 9.54. The monoisotopic (exact) mass is 404 g/mol. The Bertz CT molecular complexity index is 801. The lowest BCUT2D eigenvalue weighted by atomic mass is 10.0. The molecule has 0 unspecified atom stereocenters. The predicted molar refractivity (Wildman–Crippen MR) is 107 cm³/mol. The van der Waals surface area contributed by atoms with E-state index in [0.717, 1.165) is 11.1 Å². The highest BCUT2D eigenvalue weighted by Gasteiger charge is 2.31. The minimum absolute atomic E-state index is 0.0752. The van der Waals surface area contributed by atoms with E-state index in [9.17, 15) is 9.59 Å². The van der Waals surface area contributed by atoms with Crippen LogP contribution in [0.5, 0.6) is 0 Å². The third-order valence-corrected chi connectivity index (χ3v) is 3.88. The van der Waals surface area contributed by atoms with Crippen molar-refractivity contribution in [1.29, 1.82) is 0 Å². The number of halogens is 3. The van der Waals surface area contributed by atoms with E-state index in [2.05, 4.69) is 0 Å². The molecule has 0 aromatic heterocycles. The molecular weight excluding hydrogens is 391 g/mol. The third-order valence-electron chi connectivity index (χ3n) is 3.37. The van der Waals surface area contributed by atoms with Crippen LogP contribution in [0.4, 0.5) is 0 Å². The molecule has 26 heavy (non-hydrogen) atoms. The van der Waals surface area contributed by atoms with Crippen molar-refractivity contribution in [2.75, 3.05) is 0 Å². The Balaban J connectivity index is 0.000000190. The molecule has 0 bridgehead atoms. The topological polar surface area (TPSA) is 34.1 Å². The summed E-state index contributed by atoms with van der Waals surface area (Å²) >= 11 is 16.2. The number of benzene rings is 3. The van der Waals surface area contributed by atoms with E-state index >= 15 is 0 Å². The van der Waals surface area contributed by atoms with E-state index in [1.54, 1.807) is 30.3 Å². The van der Waals surface area contributed by atoms with E-state index in [1.807, 2.05) is 60.7 Å². The quantitative estimate of drug-likeness (QED) is 0.386. The van der Waals surface area contributed by atoms with Gasteiger partial charge in [0.2, 0.25) is 5.78 Å². The predicted octanol–water partition coefficient (Wildman–Crippen LogP) is 6.16. The average Bonchev–Trinajstić information content (AvgIpc) is 2.68. The lowest BCUT2D eigenvalue weighted by Crippen LogP contribution is -2.18. The standard InChI is InChI=1S/C13H10O.C8H5Cl3O/c14-13(11-7-3-1-4-8-11)12-9-5-2-6-10-12;9-8(10,11)7(12)6-4-2-1-3-5-6/h1-10H;1-5H. The molecule has 0 aliphatic carbocycles. The number of carbonyl (C=O) groups is 2. The highest BCUT2D eigenvalue weighted by molar-refractivity contribution is 6.77. The van der Waals surface area contributed by atoms with Crippen LogP contribution in [-0.2, 0) is 0 Å². The second-order valence-corrected chi connectivity index (χ2v) is 7.54. The van der Waals surface area contributed by atoms with Gasteiger partial charge in [-0.25, -0.2) is 0 Å². The fourth-order valence-electron chi connectivity index (χ4n) is 2.10. The Morgan fingerprint density at radius 1 is 0.538 bits per heavy atom. The van der Waals surface area contributed by atoms with E-state index < -0.39 is 9.58 Å². The van der Waals surface area contributed by atoms with Crippen LogP contribution in [0.1, 0.15) is 26.3 Å². The Kier molecular flexibility index (Phi) is 7.40. The van der Waals surface area contributed by atoms with Gasteiger partial charge in [0, 0.05) is 16.7 Å². The molecule has 0 saturated carbocycles. The number of rotatable bonds is 3. The third kappa shape index (κ3) is 5.99. The Hall–Kier alpha value is -2.13. The maximum absolute atomic E-state index is 11.8. The van der Waals surface area contributed by atoms with Crippen molar-refractivity contribution in [2.45, 2.75) is 3.79 Å². The molecule has 3 aromatic carbocycles. The Labute approximate surface area is 167 Å². The zero-order chi connectivity index (χ0) is 19.0. The van der Waals surface area contributed by atoms with E-state index in [4.69, 9.17) is 34.8 Å². The Morgan fingerprint density at radius 3 is 1.15 bits per heavy atom. The van der Waals surface area contributed by atoms with Crippen LogP contribution in [0.2, 0.25) is 0 Å². The van der Waals surface area contributed by atoms with Gasteiger partial charge in [0.1, 0.15) is 0 Å². The molecule has 0 aliphatic rings. The molecule has 3 aromatic rings. The van der Waals surface area contributed by atoms with Gasteiger partial charge in [0.25, 0.3) is 3.79 Å². The van der Waals surface area contributed by atoms with Crippen LogP contribution in [-0.4, -0.2) is 15.4 Å². The van der Waals surface area contributed by atoms with Gasteiger partial charge in [-0.3, -0.25) is 9.59 Å². The summed E-state index contributed by atoms with van der Waals surface area (Å²) in [5, 5.41) is 0. The summed E-state index contributed by atoms with van der Waals surface area (Å²) in [6.07, 6.45) is 0. The van der Waals surface area contributed by atoms with Gasteiger partial charge in [-0.1, -0.05) is 126 Å². The number of carbonyl (C=O) groups excluding carboxylic acids is 2. The summed E-state index contributed by atoms with van der Waals surface area (Å²) in [5.41, 5.74) is 1.87. The van der Waals surface area contributed by atoms with Crippen molar-refractivity contribution in [3.63, 3.8) is 0 Å². The lowest BCUT2D eigenvalue weighted by molar-refractivity contribution is 0.0995. The molecule has 0 saturated heterocycles. The maximum Gasteiger partial charge on any atom is 0.253 e. The van der Waals surface area contributed by atoms with Crippen molar-refractivity contribution in [1.82, 2.24) is 0 Å².